The number of hydrogen-bond donors (Lipinski definition) is 1. The number of nitrogens with one attached hydrogen (secondary N) is 1. The SMILES string of the molecule is CCNc1nccc(Oc2ccc3cccnc3c2)n1. The fourth-order valence-electron chi connectivity index (χ4n) is 1.87. The van der Waals surface area contributed by atoms with Gasteiger partial charge in [-0.1, -0.05) is 6.07 Å². The smallest absolute Gasteiger partial charge is 0.225 e. The largest absolute Gasteiger partial charge is 0.439 e. The van der Waals surface area contributed by atoms with Crippen LogP contribution in [0.3, 0.4) is 0 Å². The Morgan fingerprint density at radius 2 is 2.05 bits per heavy atom. The molecule has 2 heterocycles. The Bertz CT molecular complexity index is 730. The van der Waals surface area contributed by atoms with Gasteiger partial charge in [-0.15, -0.1) is 0 Å². The van der Waals surface area contributed by atoms with E-state index in [1.807, 2.05) is 37.3 Å². The molecule has 100 valence electrons. The van der Waals surface area contributed by atoms with Crippen molar-refractivity contribution in [2.24, 2.45) is 0 Å². The Balaban J connectivity index is 1.87. The molecule has 0 spiro atoms. The van der Waals surface area contributed by atoms with Crippen molar-refractivity contribution >= 4 is 16.9 Å². The zero-order chi connectivity index (χ0) is 13.8. The van der Waals surface area contributed by atoms with Crippen molar-refractivity contribution in [1.82, 2.24) is 15.0 Å². The van der Waals surface area contributed by atoms with Crippen LogP contribution in [0.5, 0.6) is 11.6 Å². The normalized spacial score (nSPS) is 10.4. The van der Waals surface area contributed by atoms with E-state index in [2.05, 4.69) is 20.3 Å². The molecule has 1 N–H and O–H groups in total. The Morgan fingerprint density at radius 3 is 2.95 bits per heavy atom. The molecule has 5 heteroatoms. The third-order valence-electron chi connectivity index (χ3n) is 2.76. The summed E-state index contributed by atoms with van der Waals surface area (Å²) in [6.07, 6.45) is 3.43. The van der Waals surface area contributed by atoms with Crippen LogP contribution in [0, 0.1) is 0 Å². The Labute approximate surface area is 116 Å². The second-order valence-corrected chi connectivity index (χ2v) is 4.21. The highest BCUT2D eigenvalue weighted by Gasteiger charge is 2.02. The summed E-state index contributed by atoms with van der Waals surface area (Å²) in [6, 6.07) is 11.4. The number of nitrogens with zero attached hydrogens (tertiary/aromatic N) is 3. The van der Waals surface area contributed by atoms with Crippen LogP contribution in [0.2, 0.25) is 0 Å². The standard InChI is InChI=1S/C15H14N4O/c1-2-16-15-18-9-7-14(19-15)20-12-6-5-11-4-3-8-17-13(11)10-12/h3-10H,2H2,1H3,(H,16,18,19). The summed E-state index contributed by atoms with van der Waals surface area (Å²) in [7, 11) is 0. The number of rotatable bonds is 4. The highest BCUT2D eigenvalue weighted by molar-refractivity contribution is 5.79. The van der Waals surface area contributed by atoms with Gasteiger partial charge in [0.25, 0.3) is 0 Å². The van der Waals surface area contributed by atoms with Crippen LogP contribution >= 0.6 is 0 Å². The third kappa shape index (κ3) is 2.66. The Kier molecular flexibility index (Phi) is 3.41. The minimum atomic E-state index is 0.506. The van der Waals surface area contributed by atoms with Crippen molar-refractivity contribution in [3.8, 4) is 11.6 Å². The first-order valence-electron chi connectivity index (χ1n) is 6.45. The summed E-state index contributed by atoms with van der Waals surface area (Å²) in [5.41, 5.74) is 0.894. The first-order valence-corrected chi connectivity index (χ1v) is 6.45. The zero-order valence-corrected chi connectivity index (χ0v) is 11.1. The molecule has 0 aliphatic rings. The topological polar surface area (TPSA) is 59.9 Å². The average molecular weight is 266 g/mol. The highest BCUT2D eigenvalue weighted by atomic mass is 16.5. The van der Waals surface area contributed by atoms with Crippen molar-refractivity contribution < 1.29 is 4.74 Å². The van der Waals surface area contributed by atoms with Crippen LogP contribution in [0.1, 0.15) is 6.92 Å². The van der Waals surface area contributed by atoms with Gasteiger partial charge in [-0.05, 0) is 25.1 Å². The van der Waals surface area contributed by atoms with Crippen LogP contribution < -0.4 is 10.1 Å². The summed E-state index contributed by atoms with van der Waals surface area (Å²) in [6.45, 7) is 2.76. The molecule has 3 rings (SSSR count). The summed E-state index contributed by atoms with van der Waals surface area (Å²) in [5.74, 6) is 1.77. The van der Waals surface area contributed by atoms with Crippen molar-refractivity contribution in [3.05, 3.63) is 48.8 Å². The minimum absolute atomic E-state index is 0.506. The summed E-state index contributed by atoms with van der Waals surface area (Å²) in [5, 5.41) is 4.13. The lowest BCUT2D eigenvalue weighted by atomic mass is 10.2. The number of anilines is 1. The van der Waals surface area contributed by atoms with Crippen molar-refractivity contribution in [2.45, 2.75) is 6.92 Å². The predicted octanol–water partition coefficient (Wildman–Crippen LogP) is 3.25. The van der Waals surface area contributed by atoms with Gasteiger partial charge in [0.2, 0.25) is 11.8 Å². The first-order chi connectivity index (χ1) is 9.85. The molecule has 0 aliphatic carbocycles. The van der Waals surface area contributed by atoms with E-state index in [0.717, 1.165) is 17.4 Å². The fraction of sp³-hybridized carbons (Fsp3) is 0.133. The monoisotopic (exact) mass is 266 g/mol. The number of hydrogen-bond acceptors (Lipinski definition) is 5. The van der Waals surface area contributed by atoms with Gasteiger partial charge in [-0.3, -0.25) is 4.98 Å². The minimum Gasteiger partial charge on any atom is -0.439 e. The maximum atomic E-state index is 5.74. The first kappa shape index (κ1) is 12.3. The molecular formula is C15H14N4O. The van der Waals surface area contributed by atoms with Gasteiger partial charge in [0.1, 0.15) is 5.75 Å². The maximum absolute atomic E-state index is 5.74. The molecule has 3 aromatic rings. The maximum Gasteiger partial charge on any atom is 0.225 e. The van der Waals surface area contributed by atoms with E-state index in [4.69, 9.17) is 4.74 Å². The fourth-order valence-corrected chi connectivity index (χ4v) is 1.87. The number of benzene rings is 1. The van der Waals surface area contributed by atoms with Gasteiger partial charge >= 0.3 is 0 Å². The van der Waals surface area contributed by atoms with Crippen LogP contribution in [-0.4, -0.2) is 21.5 Å². The van der Waals surface area contributed by atoms with E-state index < -0.39 is 0 Å². The molecule has 0 amide bonds. The molecule has 0 saturated heterocycles. The third-order valence-corrected chi connectivity index (χ3v) is 2.76. The zero-order valence-electron chi connectivity index (χ0n) is 11.1. The van der Waals surface area contributed by atoms with E-state index in [0.29, 0.717) is 17.6 Å². The van der Waals surface area contributed by atoms with E-state index in [9.17, 15) is 0 Å². The van der Waals surface area contributed by atoms with Gasteiger partial charge in [0, 0.05) is 36.5 Å². The quantitative estimate of drug-likeness (QED) is 0.785. The second kappa shape index (κ2) is 5.52. The molecule has 20 heavy (non-hydrogen) atoms. The number of ether oxygens (including phenoxy) is 1. The van der Waals surface area contributed by atoms with Gasteiger partial charge in [0.15, 0.2) is 0 Å². The van der Waals surface area contributed by atoms with Gasteiger partial charge in [-0.25, -0.2) is 4.98 Å². The molecule has 0 fully saturated rings. The number of aromatic nitrogens is 3. The van der Waals surface area contributed by atoms with Crippen LogP contribution in [0.25, 0.3) is 10.9 Å². The average Bonchev–Trinajstić information content (AvgIpc) is 2.48. The molecule has 0 atom stereocenters. The lowest BCUT2D eigenvalue weighted by molar-refractivity contribution is 0.463. The Morgan fingerprint density at radius 1 is 1.10 bits per heavy atom. The van der Waals surface area contributed by atoms with Crippen molar-refractivity contribution in [1.29, 1.82) is 0 Å². The molecule has 1 aromatic carbocycles. The molecule has 2 aromatic heterocycles. The summed E-state index contributed by atoms with van der Waals surface area (Å²) >= 11 is 0. The lowest BCUT2D eigenvalue weighted by Crippen LogP contribution is -2.02. The highest BCUT2D eigenvalue weighted by Crippen LogP contribution is 2.23. The number of fused-ring (bicyclic) bond motifs is 1. The lowest BCUT2D eigenvalue weighted by Gasteiger charge is -2.07. The van der Waals surface area contributed by atoms with Gasteiger partial charge < -0.3 is 10.1 Å². The van der Waals surface area contributed by atoms with Crippen LogP contribution in [-0.2, 0) is 0 Å². The molecule has 0 saturated carbocycles. The van der Waals surface area contributed by atoms with Gasteiger partial charge in [0.05, 0.1) is 5.52 Å². The molecule has 0 unspecified atom stereocenters. The molecule has 0 bridgehead atoms. The summed E-state index contributed by atoms with van der Waals surface area (Å²) in [4.78, 5) is 12.7. The van der Waals surface area contributed by atoms with Crippen molar-refractivity contribution in [3.63, 3.8) is 0 Å². The van der Waals surface area contributed by atoms with E-state index in [1.165, 1.54) is 0 Å². The predicted molar refractivity (Wildman–Crippen MR) is 78.0 cm³/mol. The van der Waals surface area contributed by atoms with E-state index >= 15 is 0 Å². The van der Waals surface area contributed by atoms with Crippen LogP contribution in [0.4, 0.5) is 5.95 Å². The molecular weight excluding hydrogens is 252 g/mol. The molecule has 0 radical (unpaired) electrons. The Hall–Kier alpha value is -2.69. The number of pyridine rings is 1. The molecule has 5 nitrogen and oxygen atoms in total. The second-order valence-electron chi connectivity index (χ2n) is 4.21. The van der Waals surface area contributed by atoms with E-state index in [1.54, 1.807) is 18.5 Å². The molecule has 0 aliphatic heterocycles. The summed E-state index contributed by atoms with van der Waals surface area (Å²) < 4.78 is 5.74. The van der Waals surface area contributed by atoms with Gasteiger partial charge in [-0.2, -0.15) is 4.98 Å². The van der Waals surface area contributed by atoms with E-state index in [-0.39, 0.29) is 0 Å². The van der Waals surface area contributed by atoms with Crippen molar-refractivity contribution in [2.75, 3.05) is 11.9 Å². The van der Waals surface area contributed by atoms with Crippen LogP contribution in [0.15, 0.2) is 48.8 Å².